The highest BCUT2D eigenvalue weighted by Gasteiger charge is 2.23. The van der Waals surface area contributed by atoms with Gasteiger partial charge in [0.25, 0.3) is 0 Å². The quantitative estimate of drug-likeness (QED) is 0.426. The van der Waals surface area contributed by atoms with Crippen LogP contribution in [0.5, 0.6) is 0 Å². The van der Waals surface area contributed by atoms with Crippen molar-refractivity contribution in [3.05, 3.63) is 112 Å². The van der Waals surface area contributed by atoms with Crippen LogP contribution in [0.15, 0.2) is 91.0 Å². The fraction of sp³-hybridized carbons (Fsp3) is 0.120. The zero-order valence-corrected chi connectivity index (χ0v) is 16.7. The van der Waals surface area contributed by atoms with Crippen molar-refractivity contribution in [3.63, 3.8) is 0 Å². The lowest BCUT2D eigenvalue weighted by molar-refractivity contribution is -0.136. The molecule has 0 aliphatic rings. The summed E-state index contributed by atoms with van der Waals surface area (Å²) in [5.41, 5.74) is 4.16. The summed E-state index contributed by atoms with van der Waals surface area (Å²) in [6, 6.07) is 30.5. The van der Waals surface area contributed by atoms with E-state index in [-0.39, 0.29) is 12.3 Å². The third-order valence-electron chi connectivity index (χ3n) is 4.86. The van der Waals surface area contributed by atoms with E-state index in [9.17, 15) is 9.90 Å². The molecule has 3 nitrogen and oxygen atoms in total. The number of hydrogen-bond donors (Lipinski definition) is 1. The van der Waals surface area contributed by atoms with Gasteiger partial charge in [-0.15, -0.1) is 11.3 Å². The molecule has 1 unspecified atom stereocenters. The van der Waals surface area contributed by atoms with Crippen LogP contribution in [0.1, 0.15) is 26.9 Å². The minimum atomic E-state index is -0.836. The molecule has 29 heavy (non-hydrogen) atoms. The van der Waals surface area contributed by atoms with Crippen molar-refractivity contribution in [1.82, 2.24) is 4.98 Å². The highest BCUT2D eigenvalue weighted by molar-refractivity contribution is 7.12. The fourth-order valence-corrected chi connectivity index (χ4v) is 4.69. The molecule has 4 heteroatoms. The molecular formula is C25H21NO2S. The van der Waals surface area contributed by atoms with Crippen LogP contribution in [-0.2, 0) is 17.6 Å². The van der Waals surface area contributed by atoms with Crippen LogP contribution >= 0.6 is 11.3 Å². The SMILES string of the molecule is O=C(O)Cc1sc(C(Cc2ccccc2)c2ccccc2)nc1-c1ccccc1. The summed E-state index contributed by atoms with van der Waals surface area (Å²) in [4.78, 5) is 17.2. The minimum Gasteiger partial charge on any atom is -0.481 e. The molecule has 144 valence electrons. The Bertz CT molecular complexity index is 1080. The summed E-state index contributed by atoms with van der Waals surface area (Å²) in [5, 5.41) is 10.4. The van der Waals surface area contributed by atoms with Gasteiger partial charge in [0.2, 0.25) is 0 Å². The van der Waals surface area contributed by atoms with Crippen LogP contribution in [0.3, 0.4) is 0 Å². The average Bonchev–Trinajstić information content (AvgIpc) is 3.17. The molecule has 0 bridgehead atoms. The lowest BCUT2D eigenvalue weighted by atomic mass is 9.92. The maximum absolute atomic E-state index is 11.5. The number of benzene rings is 3. The van der Waals surface area contributed by atoms with Gasteiger partial charge in [0.15, 0.2) is 0 Å². The van der Waals surface area contributed by atoms with Crippen molar-refractivity contribution in [1.29, 1.82) is 0 Å². The molecule has 4 aromatic rings. The van der Waals surface area contributed by atoms with E-state index >= 15 is 0 Å². The molecule has 0 aliphatic carbocycles. The molecule has 0 amide bonds. The fourth-order valence-electron chi connectivity index (χ4n) is 3.48. The lowest BCUT2D eigenvalue weighted by Gasteiger charge is -2.15. The van der Waals surface area contributed by atoms with E-state index in [2.05, 4.69) is 24.3 Å². The summed E-state index contributed by atoms with van der Waals surface area (Å²) < 4.78 is 0. The highest BCUT2D eigenvalue weighted by Crippen LogP contribution is 2.36. The van der Waals surface area contributed by atoms with Crippen molar-refractivity contribution < 1.29 is 9.90 Å². The second-order valence-electron chi connectivity index (χ2n) is 6.91. The molecule has 0 radical (unpaired) electrons. The number of aromatic nitrogens is 1. The summed E-state index contributed by atoms with van der Waals surface area (Å²) in [6.07, 6.45) is 0.799. The van der Waals surface area contributed by atoms with Crippen molar-refractivity contribution >= 4 is 17.3 Å². The van der Waals surface area contributed by atoms with Gasteiger partial charge in [0.05, 0.1) is 12.1 Å². The highest BCUT2D eigenvalue weighted by atomic mass is 32.1. The van der Waals surface area contributed by atoms with Crippen LogP contribution in [0.4, 0.5) is 0 Å². The van der Waals surface area contributed by atoms with Crippen LogP contribution in [0.2, 0.25) is 0 Å². The van der Waals surface area contributed by atoms with Gasteiger partial charge in [-0.05, 0) is 17.5 Å². The molecule has 3 aromatic carbocycles. The van der Waals surface area contributed by atoms with Gasteiger partial charge < -0.3 is 5.11 Å². The van der Waals surface area contributed by atoms with E-state index in [0.29, 0.717) is 0 Å². The first kappa shape index (κ1) is 19.1. The van der Waals surface area contributed by atoms with Crippen LogP contribution < -0.4 is 0 Å². The lowest BCUT2D eigenvalue weighted by Crippen LogP contribution is -2.05. The first-order valence-electron chi connectivity index (χ1n) is 9.56. The molecule has 0 spiro atoms. The van der Waals surface area contributed by atoms with E-state index in [0.717, 1.165) is 27.6 Å². The van der Waals surface area contributed by atoms with Crippen LogP contribution in [0, 0.1) is 0 Å². The molecule has 1 heterocycles. The van der Waals surface area contributed by atoms with E-state index in [1.165, 1.54) is 22.5 Å². The molecule has 1 N–H and O–H groups in total. The zero-order valence-electron chi connectivity index (χ0n) is 15.9. The molecule has 1 atom stereocenters. The topological polar surface area (TPSA) is 50.2 Å². The summed E-state index contributed by atoms with van der Waals surface area (Å²) >= 11 is 1.51. The third-order valence-corrected chi connectivity index (χ3v) is 6.02. The first-order valence-corrected chi connectivity index (χ1v) is 10.4. The number of thiazole rings is 1. The Morgan fingerprint density at radius 1 is 0.862 bits per heavy atom. The largest absolute Gasteiger partial charge is 0.481 e. The standard InChI is InChI=1S/C25H21NO2S/c27-23(28)17-22-24(20-14-8-3-9-15-20)26-25(29-22)21(19-12-6-2-7-13-19)16-18-10-4-1-5-11-18/h1-15,21H,16-17H2,(H,27,28). The Balaban J connectivity index is 1.79. The Labute approximate surface area is 174 Å². The molecule has 1 aromatic heterocycles. The van der Waals surface area contributed by atoms with Gasteiger partial charge in [-0.25, -0.2) is 4.98 Å². The molecule has 0 saturated carbocycles. The number of nitrogens with zero attached hydrogens (tertiary/aromatic N) is 1. The number of rotatable bonds is 7. The first-order chi connectivity index (χ1) is 14.2. The van der Waals surface area contributed by atoms with Gasteiger partial charge in [-0.3, -0.25) is 4.79 Å². The predicted octanol–water partition coefficient (Wildman–Crippen LogP) is 5.81. The van der Waals surface area contributed by atoms with E-state index < -0.39 is 5.97 Å². The van der Waals surface area contributed by atoms with Crippen molar-refractivity contribution in [2.45, 2.75) is 18.8 Å². The van der Waals surface area contributed by atoms with Gasteiger partial charge in [0, 0.05) is 16.4 Å². The summed E-state index contributed by atoms with van der Waals surface area (Å²) in [6.45, 7) is 0. The average molecular weight is 400 g/mol. The predicted molar refractivity (Wildman–Crippen MR) is 117 cm³/mol. The van der Waals surface area contributed by atoms with Gasteiger partial charge in [0.1, 0.15) is 5.01 Å². The van der Waals surface area contributed by atoms with E-state index in [1.807, 2.05) is 66.7 Å². The van der Waals surface area contributed by atoms with E-state index in [1.54, 1.807) is 0 Å². The molecule has 0 aliphatic heterocycles. The van der Waals surface area contributed by atoms with Crippen molar-refractivity contribution in [2.24, 2.45) is 0 Å². The normalized spacial score (nSPS) is 11.9. The second kappa shape index (κ2) is 8.84. The molecular weight excluding hydrogens is 378 g/mol. The molecule has 4 rings (SSSR count). The monoisotopic (exact) mass is 399 g/mol. The molecule has 0 fully saturated rings. The Hall–Kier alpha value is -3.24. The van der Waals surface area contributed by atoms with Crippen LogP contribution in [-0.4, -0.2) is 16.1 Å². The van der Waals surface area contributed by atoms with Crippen LogP contribution in [0.25, 0.3) is 11.3 Å². The van der Waals surface area contributed by atoms with Crippen molar-refractivity contribution in [2.75, 3.05) is 0 Å². The smallest absolute Gasteiger partial charge is 0.308 e. The van der Waals surface area contributed by atoms with Gasteiger partial charge >= 0.3 is 5.97 Å². The second-order valence-corrected chi connectivity index (χ2v) is 8.03. The number of carbonyl (C=O) groups is 1. The summed E-state index contributed by atoms with van der Waals surface area (Å²) in [7, 11) is 0. The Morgan fingerprint density at radius 3 is 2.07 bits per heavy atom. The maximum atomic E-state index is 11.5. The van der Waals surface area contributed by atoms with E-state index in [4.69, 9.17) is 4.98 Å². The number of hydrogen-bond acceptors (Lipinski definition) is 3. The third kappa shape index (κ3) is 4.61. The number of carboxylic acid groups (broad SMARTS) is 1. The van der Waals surface area contributed by atoms with Crippen molar-refractivity contribution in [3.8, 4) is 11.3 Å². The molecule has 0 saturated heterocycles. The zero-order chi connectivity index (χ0) is 20.1. The Kier molecular flexibility index (Phi) is 5.82. The van der Waals surface area contributed by atoms with Gasteiger partial charge in [-0.1, -0.05) is 91.0 Å². The van der Waals surface area contributed by atoms with Gasteiger partial charge in [-0.2, -0.15) is 0 Å². The number of carboxylic acids is 1. The number of aliphatic carboxylic acids is 1. The summed E-state index contributed by atoms with van der Waals surface area (Å²) in [5.74, 6) is -0.759. The Morgan fingerprint density at radius 2 is 1.45 bits per heavy atom. The minimum absolute atomic E-state index is 0.0191. The maximum Gasteiger partial charge on any atom is 0.308 e.